The summed E-state index contributed by atoms with van der Waals surface area (Å²) < 4.78 is 5.28. The van der Waals surface area contributed by atoms with Crippen LogP contribution in [-0.2, 0) is 9.53 Å². The first-order valence-corrected chi connectivity index (χ1v) is 6.39. The molecule has 1 saturated heterocycles. The molecule has 0 aromatic rings. The predicted octanol–water partition coefficient (Wildman–Crippen LogP) is 1.24. The summed E-state index contributed by atoms with van der Waals surface area (Å²) in [6.45, 7) is 8.39. The average molecular weight is 242 g/mol. The molecule has 0 spiro atoms. The number of nitrogens with zero attached hydrogens (tertiary/aromatic N) is 1. The van der Waals surface area contributed by atoms with Gasteiger partial charge >= 0.3 is 0 Å². The average Bonchev–Trinajstić information content (AvgIpc) is 2.72. The molecule has 17 heavy (non-hydrogen) atoms. The number of methoxy groups -OCH3 is 1. The molecule has 2 unspecified atom stereocenters. The van der Waals surface area contributed by atoms with Crippen LogP contribution in [-0.4, -0.2) is 43.7 Å². The van der Waals surface area contributed by atoms with Crippen molar-refractivity contribution in [3.63, 3.8) is 0 Å². The van der Waals surface area contributed by atoms with E-state index in [0.717, 1.165) is 25.9 Å². The molecule has 4 heteroatoms. The molecular weight excluding hydrogens is 216 g/mol. The van der Waals surface area contributed by atoms with Crippen LogP contribution < -0.4 is 5.73 Å². The minimum absolute atomic E-state index is 0.0504. The first-order chi connectivity index (χ1) is 7.87. The van der Waals surface area contributed by atoms with Crippen molar-refractivity contribution in [3.05, 3.63) is 0 Å². The van der Waals surface area contributed by atoms with E-state index >= 15 is 0 Å². The largest absolute Gasteiger partial charge is 0.380 e. The van der Waals surface area contributed by atoms with E-state index in [0.29, 0.717) is 6.54 Å². The molecular formula is C13H26N2O2. The number of rotatable bonds is 4. The van der Waals surface area contributed by atoms with Gasteiger partial charge in [0.15, 0.2) is 0 Å². The molecule has 0 aromatic heterocycles. The van der Waals surface area contributed by atoms with E-state index in [1.54, 1.807) is 7.11 Å². The highest BCUT2D eigenvalue weighted by Gasteiger charge is 2.32. The molecule has 4 nitrogen and oxygen atoms in total. The number of likely N-dealkylation sites (tertiary alicyclic amines) is 1. The van der Waals surface area contributed by atoms with Gasteiger partial charge in [0.25, 0.3) is 0 Å². The second-order valence-electron chi connectivity index (χ2n) is 6.13. The first-order valence-electron chi connectivity index (χ1n) is 6.39. The zero-order valence-corrected chi connectivity index (χ0v) is 11.5. The maximum atomic E-state index is 12.3. The van der Waals surface area contributed by atoms with Crippen LogP contribution in [0.15, 0.2) is 0 Å². The third-order valence-electron chi connectivity index (χ3n) is 3.28. The molecule has 0 aromatic carbocycles. The van der Waals surface area contributed by atoms with Crippen molar-refractivity contribution in [3.8, 4) is 0 Å². The van der Waals surface area contributed by atoms with E-state index < -0.39 is 0 Å². The lowest BCUT2D eigenvalue weighted by atomic mass is 9.84. The van der Waals surface area contributed by atoms with E-state index in [2.05, 4.69) is 20.8 Å². The van der Waals surface area contributed by atoms with Gasteiger partial charge < -0.3 is 15.4 Å². The fourth-order valence-corrected chi connectivity index (χ4v) is 2.39. The molecule has 0 radical (unpaired) electrons. The van der Waals surface area contributed by atoms with Crippen molar-refractivity contribution in [2.24, 2.45) is 17.1 Å². The number of amides is 1. The Labute approximate surface area is 104 Å². The van der Waals surface area contributed by atoms with Gasteiger partial charge in [0.05, 0.1) is 12.0 Å². The second kappa shape index (κ2) is 5.83. The summed E-state index contributed by atoms with van der Waals surface area (Å²) >= 11 is 0. The van der Waals surface area contributed by atoms with Crippen molar-refractivity contribution in [1.29, 1.82) is 0 Å². The van der Waals surface area contributed by atoms with Crippen molar-refractivity contribution < 1.29 is 9.53 Å². The fraction of sp³-hybridized carbons (Fsp3) is 0.923. The summed E-state index contributed by atoms with van der Waals surface area (Å²) in [5, 5.41) is 0. The Hall–Kier alpha value is -0.610. The third kappa shape index (κ3) is 4.28. The summed E-state index contributed by atoms with van der Waals surface area (Å²) in [5.74, 6) is 0.146. The summed E-state index contributed by atoms with van der Waals surface area (Å²) in [4.78, 5) is 14.2. The lowest BCUT2D eigenvalue weighted by Gasteiger charge is -2.28. The molecule has 0 saturated carbocycles. The number of hydrogen-bond acceptors (Lipinski definition) is 3. The quantitative estimate of drug-likeness (QED) is 0.807. The topological polar surface area (TPSA) is 55.6 Å². The van der Waals surface area contributed by atoms with Crippen molar-refractivity contribution in [1.82, 2.24) is 4.90 Å². The SMILES string of the molecule is COC1CCN(C(=O)C(CN)CC(C)(C)C)C1. The molecule has 1 rings (SSSR count). The molecule has 2 atom stereocenters. The molecule has 0 aliphatic carbocycles. The van der Waals surface area contributed by atoms with Crippen molar-refractivity contribution >= 4 is 5.91 Å². The number of carbonyl (C=O) groups is 1. The van der Waals surface area contributed by atoms with Crippen LogP contribution in [0.2, 0.25) is 0 Å². The summed E-state index contributed by atoms with van der Waals surface area (Å²) in [5.41, 5.74) is 5.88. The van der Waals surface area contributed by atoms with E-state index in [-0.39, 0.29) is 23.3 Å². The standard InChI is InChI=1S/C13H26N2O2/c1-13(2,3)7-10(8-14)12(16)15-6-5-11(9-15)17-4/h10-11H,5-9,14H2,1-4H3. The zero-order chi connectivity index (χ0) is 13.1. The Balaban J connectivity index is 2.55. The van der Waals surface area contributed by atoms with Gasteiger partial charge in [-0.25, -0.2) is 0 Å². The minimum atomic E-state index is -0.0504. The highest BCUT2D eigenvalue weighted by atomic mass is 16.5. The van der Waals surface area contributed by atoms with Crippen LogP contribution in [0.3, 0.4) is 0 Å². The molecule has 100 valence electrons. The fourth-order valence-electron chi connectivity index (χ4n) is 2.39. The Morgan fingerprint density at radius 2 is 2.18 bits per heavy atom. The number of carbonyl (C=O) groups excluding carboxylic acids is 1. The third-order valence-corrected chi connectivity index (χ3v) is 3.28. The van der Waals surface area contributed by atoms with E-state index in [4.69, 9.17) is 10.5 Å². The maximum absolute atomic E-state index is 12.3. The lowest BCUT2D eigenvalue weighted by molar-refractivity contribution is -0.135. The summed E-state index contributed by atoms with van der Waals surface area (Å²) in [6, 6.07) is 0. The molecule has 1 aliphatic heterocycles. The summed E-state index contributed by atoms with van der Waals surface area (Å²) in [7, 11) is 1.70. The van der Waals surface area contributed by atoms with Gasteiger partial charge in [-0.3, -0.25) is 4.79 Å². The molecule has 0 bridgehead atoms. The van der Waals surface area contributed by atoms with Crippen LogP contribution in [0, 0.1) is 11.3 Å². The van der Waals surface area contributed by atoms with Crippen LogP contribution in [0.5, 0.6) is 0 Å². The Bertz CT molecular complexity index is 261. The van der Waals surface area contributed by atoms with Crippen molar-refractivity contribution in [2.75, 3.05) is 26.7 Å². The van der Waals surface area contributed by atoms with Gasteiger partial charge in [-0.2, -0.15) is 0 Å². The molecule has 1 fully saturated rings. The normalized spacial score (nSPS) is 22.9. The zero-order valence-electron chi connectivity index (χ0n) is 11.5. The minimum Gasteiger partial charge on any atom is -0.380 e. The van der Waals surface area contributed by atoms with Gasteiger partial charge in [0, 0.05) is 26.7 Å². The maximum Gasteiger partial charge on any atom is 0.227 e. The van der Waals surface area contributed by atoms with Crippen LogP contribution in [0.4, 0.5) is 0 Å². The number of nitrogens with two attached hydrogens (primary N) is 1. The summed E-state index contributed by atoms with van der Waals surface area (Å²) in [6.07, 6.45) is 1.98. The van der Waals surface area contributed by atoms with Crippen LogP contribution in [0.1, 0.15) is 33.6 Å². The van der Waals surface area contributed by atoms with E-state index in [1.165, 1.54) is 0 Å². The molecule has 1 aliphatic rings. The smallest absolute Gasteiger partial charge is 0.227 e. The lowest BCUT2D eigenvalue weighted by Crippen LogP contribution is -2.40. The number of hydrogen-bond donors (Lipinski definition) is 1. The Morgan fingerprint density at radius 3 is 2.59 bits per heavy atom. The van der Waals surface area contributed by atoms with Crippen LogP contribution >= 0.6 is 0 Å². The Morgan fingerprint density at radius 1 is 1.53 bits per heavy atom. The Kier molecular flexibility index (Phi) is 4.95. The van der Waals surface area contributed by atoms with E-state index in [1.807, 2.05) is 4.90 Å². The predicted molar refractivity (Wildman–Crippen MR) is 68.6 cm³/mol. The first kappa shape index (κ1) is 14.5. The van der Waals surface area contributed by atoms with Gasteiger partial charge in [-0.1, -0.05) is 20.8 Å². The van der Waals surface area contributed by atoms with Crippen molar-refractivity contribution in [2.45, 2.75) is 39.7 Å². The molecule has 1 amide bonds. The van der Waals surface area contributed by atoms with Gasteiger partial charge in [0.1, 0.15) is 0 Å². The van der Waals surface area contributed by atoms with Crippen LogP contribution in [0.25, 0.3) is 0 Å². The highest BCUT2D eigenvalue weighted by Crippen LogP contribution is 2.26. The highest BCUT2D eigenvalue weighted by molar-refractivity contribution is 5.79. The van der Waals surface area contributed by atoms with E-state index in [9.17, 15) is 4.79 Å². The molecule has 2 N–H and O–H groups in total. The number of ether oxygens (including phenoxy) is 1. The van der Waals surface area contributed by atoms with Gasteiger partial charge in [-0.05, 0) is 18.3 Å². The van der Waals surface area contributed by atoms with Gasteiger partial charge in [-0.15, -0.1) is 0 Å². The monoisotopic (exact) mass is 242 g/mol. The van der Waals surface area contributed by atoms with Gasteiger partial charge in [0.2, 0.25) is 5.91 Å². The molecule has 1 heterocycles. The second-order valence-corrected chi connectivity index (χ2v) is 6.13.